The van der Waals surface area contributed by atoms with Crippen LogP contribution >= 0.6 is 0 Å². The van der Waals surface area contributed by atoms with Crippen molar-refractivity contribution in [1.29, 1.82) is 0 Å². The van der Waals surface area contributed by atoms with Crippen LogP contribution in [-0.4, -0.2) is 21.4 Å². The number of carbonyl (C=O) groups is 1. The second-order valence-corrected chi connectivity index (χ2v) is 2.36. The first-order valence-corrected chi connectivity index (χ1v) is 3.12. The third-order valence-corrected chi connectivity index (χ3v) is 1.31. The van der Waals surface area contributed by atoms with Gasteiger partial charge in [0.25, 0.3) is 0 Å². The maximum atomic E-state index is 10.3. The highest BCUT2D eigenvalue weighted by molar-refractivity contribution is 5.63. The van der Waals surface area contributed by atoms with E-state index in [1.807, 2.05) is 0 Å². The molecule has 0 spiro atoms. The van der Waals surface area contributed by atoms with Crippen molar-refractivity contribution < 1.29 is 9.90 Å². The SMILES string of the molecule is CC(O)(C=O)c1cnccn1. The van der Waals surface area contributed by atoms with Crippen molar-refractivity contribution in [2.75, 3.05) is 0 Å². The number of hydrogen-bond acceptors (Lipinski definition) is 4. The van der Waals surface area contributed by atoms with Gasteiger partial charge in [-0.15, -0.1) is 0 Å². The molecule has 0 aliphatic rings. The number of nitrogens with zero attached hydrogens (tertiary/aromatic N) is 2. The van der Waals surface area contributed by atoms with Gasteiger partial charge >= 0.3 is 0 Å². The van der Waals surface area contributed by atoms with E-state index in [1.54, 1.807) is 0 Å². The quantitative estimate of drug-likeness (QED) is 0.600. The molecule has 0 amide bonds. The van der Waals surface area contributed by atoms with E-state index in [2.05, 4.69) is 9.97 Å². The summed E-state index contributed by atoms with van der Waals surface area (Å²) in [4.78, 5) is 17.8. The lowest BCUT2D eigenvalue weighted by atomic mass is 10.1. The molecule has 1 rings (SSSR count). The van der Waals surface area contributed by atoms with E-state index in [0.29, 0.717) is 6.29 Å². The first kappa shape index (κ1) is 7.81. The molecular weight excluding hydrogens is 144 g/mol. The summed E-state index contributed by atoms with van der Waals surface area (Å²) in [7, 11) is 0. The van der Waals surface area contributed by atoms with Crippen molar-refractivity contribution in [3.63, 3.8) is 0 Å². The molecule has 1 atom stereocenters. The Kier molecular flexibility index (Phi) is 1.96. The summed E-state index contributed by atoms with van der Waals surface area (Å²) in [6.45, 7) is 1.37. The van der Waals surface area contributed by atoms with Gasteiger partial charge in [0, 0.05) is 12.4 Å². The predicted octanol–water partition coefficient (Wildman–Crippen LogP) is -0.117. The highest BCUT2D eigenvalue weighted by Crippen LogP contribution is 2.12. The van der Waals surface area contributed by atoms with Gasteiger partial charge in [-0.3, -0.25) is 14.8 Å². The van der Waals surface area contributed by atoms with Gasteiger partial charge in [-0.25, -0.2) is 0 Å². The summed E-state index contributed by atoms with van der Waals surface area (Å²) in [5.74, 6) is 0. The predicted molar refractivity (Wildman–Crippen MR) is 37.7 cm³/mol. The number of aliphatic hydroxyl groups is 1. The smallest absolute Gasteiger partial charge is 0.160 e. The number of carbonyl (C=O) groups excluding carboxylic acids is 1. The molecule has 0 saturated carbocycles. The summed E-state index contributed by atoms with van der Waals surface area (Å²) in [6.07, 6.45) is 4.68. The van der Waals surface area contributed by atoms with Gasteiger partial charge in [0.1, 0.15) is 0 Å². The minimum atomic E-state index is -1.52. The summed E-state index contributed by atoms with van der Waals surface area (Å²) < 4.78 is 0. The minimum Gasteiger partial charge on any atom is -0.376 e. The minimum absolute atomic E-state index is 0.259. The Hall–Kier alpha value is -1.29. The van der Waals surface area contributed by atoms with E-state index >= 15 is 0 Å². The average Bonchev–Trinajstić information content (AvgIpc) is 2.06. The fourth-order valence-corrected chi connectivity index (χ4v) is 0.621. The molecule has 1 N–H and O–H groups in total. The maximum absolute atomic E-state index is 10.3. The Labute approximate surface area is 63.9 Å². The maximum Gasteiger partial charge on any atom is 0.160 e. The zero-order chi connectivity index (χ0) is 8.32. The van der Waals surface area contributed by atoms with Crippen molar-refractivity contribution in [3.05, 3.63) is 24.3 Å². The Morgan fingerprint density at radius 3 is 2.82 bits per heavy atom. The van der Waals surface area contributed by atoms with Gasteiger partial charge in [0.2, 0.25) is 0 Å². The van der Waals surface area contributed by atoms with Crippen LogP contribution in [0, 0.1) is 0 Å². The number of rotatable bonds is 2. The molecule has 58 valence electrons. The number of aromatic nitrogens is 2. The monoisotopic (exact) mass is 152 g/mol. The lowest BCUT2D eigenvalue weighted by molar-refractivity contribution is -0.123. The standard InChI is InChI=1S/C7H8N2O2/c1-7(11,5-10)6-4-8-2-3-9-6/h2-5,11H,1H3. The van der Waals surface area contributed by atoms with Crippen LogP contribution in [0.3, 0.4) is 0 Å². The lowest BCUT2D eigenvalue weighted by Crippen LogP contribution is -2.24. The fraction of sp³-hybridized carbons (Fsp3) is 0.286. The van der Waals surface area contributed by atoms with Crippen molar-refractivity contribution in [1.82, 2.24) is 9.97 Å². The highest BCUT2D eigenvalue weighted by Gasteiger charge is 2.23. The zero-order valence-electron chi connectivity index (χ0n) is 6.06. The first-order chi connectivity index (χ1) is 5.17. The van der Waals surface area contributed by atoms with Gasteiger partial charge in [0.15, 0.2) is 11.9 Å². The summed E-state index contributed by atoms with van der Waals surface area (Å²) in [5.41, 5.74) is -1.26. The molecule has 11 heavy (non-hydrogen) atoms. The molecule has 4 heteroatoms. The van der Waals surface area contributed by atoms with Crippen LogP contribution in [0.2, 0.25) is 0 Å². The van der Waals surface area contributed by atoms with Gasteiger partial charge in [-0.05, 0) is 6.92 Å². The van der Waals surface area contributed by atoms with E-state index in [9.17, 15) is 9.90 Å². The van der Waals surface area contributed by atoms with Crippen molar-refractivity contribution in [3.8, 4) is 0 Å². The van der Waals surface area contributed by atoms with Crippen molar-refractivity contribution in [2.45, 2.75) is 12.5 Å². The van der Waals surface area contributed by atoms with E-state index < -0.39 is 5.60 Å². The van der Waals surface area contributed by atoms with Gasteiger partial charge in [0.05, 0.1) is 11.9 Å². The number of hydrogen-bond donors (Lipinski definition) is 1. The molecule has 0 saturated heterocycles. The fourth-order valence-electron chi connectivity index (χ4n) is 0.621. The molecular formula is C7H8N2O2. The van der Waals surface area contributed by atoms with E-state index in [0.717, 1.165) is 0 Å². The third-order valence-electron chi connectivity index (χ3n) is 1.31. The molecule has 1 aromatic heterocycles. The lowest BCUT2D eigenvalue weighted by Gasteiger charge is -2.12. The second-order valence-electron chi connectivity index (χ2n) is 2.36. The molecule has 0 fully saturated rings. The average molecular weight is 152 g/mol. The van der Waals surface area contributed by atoms with Crippen molar-refractivity contribution in [2.24, 2.45) is 0 Å². The van der Waals surface area contributed by atoms with Gasteiger partial charge in [-0.2, -0.15) is 0 Å². The topological polar surface area (TPSA) is 63.1 Å². The van der Waals surface area contributed by atoms with E-state index in [-0.39, 0.29) is 5.69 Å². The molecule has 1 aromatic rings. The molecule has 0 aromatic carbocycles. The second kappa shape index (κ2) is 2.75. The molecule has 0 bridgehead atoms. The van der Waals surface area contributed by atoms with Crippen LogP contribution in [0.1, 0.15) is 12.6 Å². The molecule has 0 aliphatic heterocycles. The molecule has 4 nitrogen and oxygen atoms in total. The van der Waals surface area contributed by atoms with Crippen LogP contribution in [0.4, 0.5) is 0 Å². The molecule has 0 aliphatic carbocycles. The molecule has 1 unspecified atom stereocenters. The van der Waals surface area contributed by atoms with E-state index in [4.69, 9.17) is 0 Å². The Morgan fingerprint density at radius 2 is 2.36 bits per heavy atom. The zero-order valence-corrected chi connectivity index (χ0v) is 6.06. The van der Waals surface area contributed by atoms with E-state index in [1.165, 1.54) is 25.5 Å². The van der Waals surface area contributed by atoms with Crippen LogP contribution in [0.15, 0.2) is 18.6 Å². The normalized spacial score (nSPS) is 15.5. The van der Waals surface area contributed by atoms with Crippen LogP contribution < -0.4 is 0 Å². The highest BCUT2D eigenvalue weighted by atomic mass is 16.3. The van der Waals surface area contributed by atoms with Crippen LogP contribution in [-0.2, 0) is 10.4 Å². The number of aldehydes is 1. The summed E-state index contributed by atoms with van der Waals surface area (Å²) in [6, 6.07) is 0. The first-order valence-electron chi connectivity index (χ1n) is 3.12. The third kappa shape index (κ3) is 1.59. The largest absolute Gasteiger partial charge is 0.376 e. The Bertz CT molecular complexity index is 246. The summed E-state index contributed by atoms with van der Waals surface area (Å²) >= 11 is 0. The van der Waals surface area contributed by atoms with Gasteiger partial charge < -0.3 is 5.11 Å². The van der Waals surface area contributed by atoms with Crippen molar-refractivity contribution >= 4 is 6.29 Å². The Morgan fingerprint density at radius 1 is 1.64 bits per heavy atom. The molecule has 1 heterocycles. The Balaban J connectivity index is 3.02. The summed E-state index contributed by atoms with van der Waals surface area (Å²) in [5, 5.41) is 9.32. The molecule has 0 radical (unpaired) electrons. The van der Waals surface area contributed by atoms with Crippen LogP contribution in [0.25, 0.3) is 0 Å². The van der Waals surface area contributed by atoms with Crippen LogP contribution in [0.5, 0.6) is 0 Å². The van der Waals surface area contributed by atoms with Gasteiger partial charge in [-0.1, -0.05) is 0 Å².